The molecule has 4 nitrogen and oxygen atoms in total. The van der Waals surface area contributed by atoms with Crippen molar-refractivity contribution < 1.29 is 14.4 Å². The molecule has 0 saturated carbocycles. The Morgan fingerprint density at radius 2 is 1.83 bits per heavy atom. The van der Waals surface area contributed by atoms with Crippen LogP contribution in [0.25, 0.3) is 0 Å². The van der Waals surface area contributed by atoms with E-state index >= 15 is 0 Å². The van der Waals surface area contributed by atoms with Crippen LogP contribution in [-0.2, 0) is 6.42 Å². The van der Waals surface area contributed by atoms with Gasteiger partial charge in [-0.1, -0.05) is 18.2 Å². The van der Waals surface area contributed by atoms with E-state index in [9.17, 15) is 5.11 Å². The molecular weight excluding hydrogens is 288 g/mol. The van der Waals surface area contributed by atoms with Crippen molar-refractivity contribution in [3.8, 4) is 5.75 Å². The maximum atomic E-state index is 11.0. The highest BCUT2D eigenvalue weighted by molar-refractivity contribution is 5.98. The zero-order valence-electron chi connectivity index (χ0n) is 13.5. The molecule has 23 heavy (non-hydrogen) atoms. The minimum atomic E-state index is -0.929. The molecule has 4 heteroatoms. The quantitative estimate of drug-likeness (QED) is 0.867. The molecule has 0 spiro atoms. The first-order chi connectivity index (χ1) is 11.1. The topological polar surface area (TPSA) is 35.7 Å². The highest BCUT2D eigenvalue weighted by atomic mass is 16.5. The summed E-state index contributed by atoms with van der Waals surface area (Å²) >= 11 is 0. The van der Waals surface area contributed by atoms with E-state index in [2.05, 4.69) is 33.7 Å². The number of aliphatic hydroxyl groups is 1. The molecule has 0 aromatic heterocycles. The first-order valence-electron chi connectivity index (χ1n) is 7.98. The molecule has 2 aliphatic rings. The van der Waals surface area contributed by atoms with E-state index in [4.69, 9.17) is 4.74 Å². The molecule has 0 saturated heterocycles. The summed E-state index contributed by atoms with van der Waals surface area (Å²) in [7, 11) is 1.66. The molecule has 0 amide bonds. The fraction of sp³-hybridized carbons (Fsp3) is 0.316. The van der Waals surface area contributed by atoms with Crippen molar-refractivity contribution in [3.63, 3.8) is 0 Å². The third-order valence-electron chi connectivity index (χ3n) is 4.74. The van der Waals surface area contributed by atoms with Crippen LogP contribution in [0.4, 0.5) is 11.4 Å². The van der Waals surface area contributed by atoms with Crippen LogP contribution in [0.15, 0.2) is 48.5 Å². The van der Waals surface area contributed by atoms with Crippen LogP contribution in [-0.4, -0.2) is 34.9 Å². The smallest absolute Gasteiger partial charge is 0.260 e. The van der Waals surface area contributed by atoms with Crippen molar-refractivity contribution in [1.82, 2.24) is 0 Å². The number of nitrogens with zero attached hydrogens (tertiary/aromatic N) is 2. The lowest BCUT2D eigenvalue weighted by Crippen LogP contribution is -2.47. The van der Waals surface area contributed by atoms with Crippen LogP contribution >= 0.6 is 0 Å². The normalized spacial score (nSPS) is 22.8. The number of anilines is 1. The molecule has 2 heterocycles. The van der Waals surface area contributed by atoms with Crippen LogP contribution in [0, 0.1) is 0 Å². The monoisotopic (exact) mass is 309 g/mol. The standard InChI is InChI=1S/C19H21N2O2/c1-19(22)13-20-17-6-4-3-5-14(17)7-12-18(20)21(19)15-8-10-16(23-2)11-9-15/h3-6,8-11,22H,7,12-13H2,1-2H3/q+1/t19-/m1/s1. The summed E-state index contributed by atoms with van der Waals surface area (Å²) in [5.74, 6) is 1.99. The molecule has 2 aromatic carbocycles. The summed E-state index contributed by atoms with van der Waals surface area (Å²) < 4.78 is 7.49. The number of ether oxygens (including phenoxy) is 1. The Bertz CT molecular complexity index is 778. The Morgan fingerprint density at radius 1 is 1.09 bits per heavy atom. The summed E-state index contributed by atoms with van der Waals surface area (Å²) in [5.41, 5.74) is 2.63. The fourth-order valence-electron chi connectivity index (χ4n) is 3.72. The van der Waals surface area contributed by atoms with Gasteiger partial charge >= 0.3 is 0 Å². The molecule has 0 fully saturated rings. The highest BCUT2D eigenvalue weighted by Gasteiger charge is 2.51. The van der Waals surface area contributed by atoms with E-state index in [1.54, 1.807) is 7.11 Å². The van der Waals surface area contributed by atoms with E-state index in [0.29, 0.717) is 6.54 Å². The van der Waals surface area contributed by atoms with Crippen molar-refractivity contribution in [2.24, 2.45) is 0 Å². The molecule has 0 radical (unpaired) electrons. The largest absolute Gasteiger partial charge is 0.497 e. The number of amidine groups is 1. The van der Waals surface area contributed by atoms with E-state index < -0.39 is 5.72 Å². The lowest BCUT2D eigenvalue weighted by Gasteiger charge is -2.25. The van der Waals surface area contributed by atoms with Crippen molar-refractivity contribution in [1.29, 1.82) is 0 Å². The molecule has 118 valence electrons. The maximum absolute atomic E-state index is 11.0. The maximum Gasteiger partial charge on any atom is 0.260 e. The van der Waals surface area contributed by atoms with Crippen LogP contribution in [0.2, 0.25) is 0 Å². The lowest BCUT2D eigenvalue weighted by molar-refractivity contribution is -0.450. The minimum Gasteiger partial charge on any atom is -0.497 e. The number of hydrogen-bond donors (Lipinski definition) is 1. The second kappa shape index (κ2) is 5.10. The van der Waals surface area contributed by atoms with Gasteiger partial charge in [0.25, 0.3) is 5.84 Å². The predicted octanol–water partition coefficient (Wildman–Crippen LogP) is 2.91. The zero-order chi connectivity index (χ0) is 16.0. The van der Waals surface area contributed by atoms with E-state index in [1.807, 2.05) is 31.2 Å². The SMILES string of the molecule is COc1ccc(N2C3=[N+](C[C@@]2(C)O)c2ccccc2CC3)cc1. The fourth-order valence-corrected chi connectivity index (χ4v) is 3.72. The van der Waals surface area contributed by atoms with Gasteiger partial charge in [-0.3, -0.25) is 0 Å². The van der Waals surface area contributed by atoms with Crippen molar-refractivity contribution in [3.05, 3.63) is 54.1 Å². The van der Waals surface area contributed by atoms with Gasteiger partial charge in [0, 0.05) is 6.92 Å². The second-order valence-corrected chi connectivity index (χ2v) is 6.38. The van der Waals surface area contributed by atoms with Crippen LogP contribution in [0.3, 0.4) is 0 Å². The molecule has 0 aliphatic carbocycles. The van der Waals surface area contributed by atoms with Crippen molar-refractivity contribution in [2.75, 3.05) is 18.6 Å². The number of benzene rings is 2. The number of rotatable bonds is 2. The molecule has 1 atom stereocenters. The van der Waals surface area contributed by atoms with Crippen molar-refractivity contribution >= 4 is 17.2 Å². The summed E-state index contributed by atoms with van der Waals surface area (Å²) in [4.78, 5) is 2.06. The van der Waals surface area contributed by atoms with Gasteiger partial charge in [0.2, 0.25) is 5.72 Å². The third-order valence-corrected chi connectivity index (χ3v) is 4.74. The first kappa shape index (κ1) is 14.3. The summed E-state index contributed by atoms with van der Waals surface area (Å²) in [6.45, 7) is 2.45. The molecule has 4 rings (SSSR count). The van der Waals surface area contributed by atoms with E-state index in [0.717, 1.165) is 24.3 Å². The zero-order valence-corrected chi connectivity index (χ0v) is 13.5. The van der Waals surface area contributed by atoms with Gasteiger partial charge in [0.05, 0.1) is 13.5 Å². The molecule has 2 aromatic rings. The van der Waals surface area contributed by atoms with E-state index in [-0.39, 0.29) is 0 Å². The first-order valence-corrected chi connectivity index (χ1v) is 7.98. The predicted molar refractivity (Wildman–Crippen MR) is 90.7 cm³/mol. The Morgan fingerprint density at radius 3 is 2.57 bits per heavy atom. The Balaban J connectivity index is 1.81. The number of hydrogen-bond acceptors (Lipinski definition) is 3. The number of aryl methyl sites for hydroxylation is 1. The Kier molecular flexibility index (Phi) is 3.16. The average molecular weight is 309 g/mol. The highest BCUT2D eigenvalue weighted by Crippen LogP contribution is 2.37. The van der Waals surface area contributed by atoms with Gasteiger partial charge in [-0.05, 0) is 42.3 Å². The third kappa shape index (κ3) is 2.21. The number of para-hydroxylation sites is 1. The van der Waals surface area contributed by atoms with Gasteiger partial charge in [-0.15, -0.1) is 0 Å². The van der Waals surface area contributed by atoms with Crippen LogP contribution < -0.4 is 9.64 Å². The Labute approximate surface area is 136 Å². The summed E-state index contributed by atoms with van der Waals surface area (Å²) in [6, 6.07) is 16.3. The van der Waals surface area contributed by atoms with Crippen LogP contribution in [0.5, 0.6) is 5.75 Å². The molecular formula is C19H21N2O2+. The lowest BCUT2D eigenvalue weighted by atomic mass is 10.0. The minimum absolute atomic E-state index is 0.575. The van der Waals surface area contributed by atoms with Gasteiger partial charge in [0.1, 0.15) is 17.1 Å². The van der Waals surface area contributed by atoms with Gasteiger partial charge in [0.15, 0.2) is 6.54 Å². The van der Waals surface area contributed by atoms with Gasteiger partial charge in [-0.2, -0.15) is 4.90 Å². The van der Waals surface area contributed by atoms with Crippen LogP contribution in [0.1, 0.15) is 18.9 Å². The number of methoxy groups -OCH3 is 1. The molecule has 2 aliphatic heterocycles. The van der Waals surface area contributed by atoms with Gasteiger partial charge < -0.3 is 9.84 Å². The second-order valence-electron chi connectivity index (χ2n) is 6.38. The summed E-state index contributed by atoms with van der Waals surface area (Å²) in [5, 5.41) is 11.0. The summed E-state index contributed by atoms with van der Waals surface area (Å²) in [6.07, 6.45) is 1.93. The Hall–Kier alpha value is -2.33. The number of fused-ring (bicyclic) bond motifs is 2. The molecule has 0 bridgehead atoms. The average Bonchev–Trinajstić information content (AvgIpc) is 2.85. The molecule has 0 unspecified atom stereocenters. The van der Waals surface area contributed by atoms with E-state index in [1.165, 1.54) is 17.1 Å². The van der Waals surface area contributed by atoms with Crippen molar-refractivity contribution in [2.45, 2.75) is 25.5 Å². The molecule has 1 N–H and O–H groups in total. The van der Waals surface area contributed by atoms with Gasteiger partial charge in [-0.25, -0.2) is 4.58 Å².